The van der Waals surface area contributed by atoms with Crippen LogP contribution in [0.3, 0.4) is 0 Å². The third-order valence-electron chi connectivity index (χ3n) is 3.43. The molecule has 0 fully saturated rings. The molecule has 0 saturated carbocycles. The molecule has 1 amide bonds. The Bertz CT molecular complexity index is 1080. The molecular formula is C15H11FN4O4S2. The molecule has 0 spiro atoms. The number of hydrogen-bond donors (Lipinski definition) is 1. The number of hydrogen-bond acceptors (Lipinski definition) is 7. The Morgan fingerprint density at radius 1 is 1.46 bits per heavy atom. The van der Waals surface area contributed by atoms with Gasteiger partial charge in [-0.25, -0.2) is 9.37 Å². The third-order valence-corrected chi connectivity index (χ3v) is 5.27. The summed E-state index contributed by atoms with van der Waals surface area (Å²) in [6, 6.07) is 4.55. The first-order valence-electron chi connectivity index (χ1n) is 7.17. The van der Waals surface area contributed by atoms with Crippen molar-refractivity contribution in [3.05, 3.63) is 55.9 Å². The lowest BCUT2D eigenvalue weighted by Gasteiger charge is -2.08. The zero-order valence-corrected chi connectivity index (χ0v) is 14.9. The minimum absolute atomic E-state index is 0.140. The molecule has 0 atom stereocenters. The number of anilines is 1. The molecule has 0 aliphatic carbocycles. The number of benzene rings is 1. The fraction of sp³-hybridized carbons (Fsp3) is 0.133. The number of nitrogens with zero attached hydrogens (tertiary/aromatic N) is 3. The van der Waals surface area contributed by atoms with Gasteiger partial charge in [0.1, 0.15) is 10.6 Å². The van der Waals surface area contributed by atoms with E-state index in [9.17, 15) is 24.1 Å². The summed E-state index contributed by atoms with van der Waals surface area (Å²) in [7, 11) is 1.55. The Morgan fingerprint density at radius 3 is 2.96 bits per heavy atom. The van der Waals surface area contributed by atoms with Gasteiger partial charge in [-0.15, -0.1) is 11.3 Å². The van der Waals surface area contributed by atoms with E-state index in [1.807, 2.05) is 0 Å². The number of rotatable bonds is 5. The average Bonchev–Trinajstić information content (AvgIpc) is 3.07. The van der Waals surface area contributed by atoms with Gasteiger partial charge in [0.05, 0.1) is 21.7 Å². The molecule has 3 rings (SSSR count). The van der Waals surface area contributed by atoms with Crippen molar-refractivity contribution < 1.29 is 14.1 Å². The second-order valence-corrected chi connectivity index (χ2v) is 6.99. The van der Waals surface area contributed by atoms with Gasteiger partial charge in [-0.1, -0.05) is 11.8 Å². The first-order valence-corrected chi connectivity index (χ1v) is 9.04. The number of thioether (sulfide) groups is 1. The Morgan fingerprint density at radius 2 is 2.23 bits per heavy atom. The highest BCUT2D eigenvalue weighted by atomic mass is 32.2. The van der Waals surface area contributed by atoms with Crippen LogP contribution in [0.2, 0.25) is 0 Å². The molecular weight excluding hydrogens is 383 g/mol. The molecule has 0 radical (unpaired) electrons. The van der Waals surface area contributed by atoms with Crippen LogP contribution in [0.1, 0.15) is 0 Å². The predicted octanol–water partition coefficient (Wildman–Crippen LogP) is 2.77. The number of carbonyl (C=O) groups is 1. The van der Waals surface area contributed by atoms with Gasteiger partial charge in [0, 0.05) is 19.2 Å². The van der Waals surface area contributed by atoms with Gasteiger partial charge in [0.2, 0.25) is 5.91 Å². The van der Waals surface area contributed by atoms with E-state index in [-0.39, 0.29) is 22.7 Å². The lowest BCUT2D eigenvalue weighted by atomic mass is 10.2. The van der Waals surface area contributed by atoms with E-state index in [0.29, 0.717) is 15.4 Å². The van der Waals surface area contributed by atoms with Gasteiger partial charge in [-0.3, -0.25) is 24.3 Å². The maximum absolute atomic E-state index is 13.7. The molecule has 0 aliphatic rings. The van der Waals surface area contributed by atoms with Crippen LogP contribution in [-0.2, 0) is 11.8 Å². The molecule has 0 aliphatic heterocycles. The number of aromatic nitrogens is 2. The molecule has 11 heteroatoms. The smallest absolute Gasteiger partial charge is 0.271 e. The minimum Gasteiger partial charge on any atom is -0.323 e. The van der Waals surface area contributed by atoms with E-state index in [2.05, 4.69) is 10.3 Å². The first-order chi connectivity index (χ1) is 12.4. The second kappa shape index (κ2) is 7.22. The Kier molecular flexibility index (Phi) is 5.00. The third kappa shape index (κ3) is 3.58. The number of carbonyl (C=O) groups excluding carboxylic acids is 1. The molecule has 0 saturated heterocycles. The highest BCUT2D eigenvalue weighted by Gasteiger charge is 2.15. The highest BCUT2D eigenvalue weighted by Crippen LogP contribution is 2.23. The molecule has 8 nitrogen and oxygen atoms in total. The zero-order valence-electron chi connectivity index (χ0n) is 13.3. The van der Waals surface area contributed by atoms with Crippen molar-refractivity contribution in [1.82, 2.24) is 9.55 Å². The number of nitro benzene ring substituents is 1. The number of thiophene rings is 1. The molecule has 2 heterocycles. The van der Waals surface area contributed by atoms with Crippen LogP contribution in [0.5, 0.6) is 0 Å². The summed E-state index contributed by atoms with van der Waals surface area (Å²) in [4.78, 5) is 39.2. The van der Waals surface area contributed by atoms with Crippen molar-refractivity contribution in [1.29, 1.82) is 0 Å². The lowest BCUT2D eigenvalue weighted by molar-refractivity contribution is -0.384. The van der Waals surface area contributed by atoms with Crippen molar-refractivity contribution in [3.63, 3.8) is 0 Å². The quantitative estimate of drug-likeness (QED) is 0.309. The molecule has 1 N–H and O–H groups in total. The number of halogens is 1. The minimum atomic E-state index is -0.778. The van der Waals surface area contributed by atoms with Crippen molar-refractivity contribution in [2.24, 2.45) is 7.05 Å². The van der Waals surface area contributed by atoms with Gasteiger partial charge < -0.3 is 5.32 Å². The zero-order chi connectivity index (χ0) is 18.8. The number of nitrogens with one attached hydrogen (secondary N) is 1. The van der Waals surface area contributed by atoms with Gasteiger partial charge >= 0.3 is 0 Å². The van der Waals surface area contributed by atoms with Crippen LogP contribution in [0, 0.1) is 15.9 Å². The van der Waals surface area contributed by atoms with Gasteiger partial charge in [-0.2, -0.15) is 0 Å². The summed E-state index contributed by atoms with van der Waals surface area (Å²) >= 11 is 2.33. The normalized spacial score (nSPS) is 10.8. The van der Waals surface area contributed by atoms with Crippen LogP contribution in [0.15, 0.2) is 39.6 Å². The molecule has 3 aromatic rings. The lowest BCUT2D eigenvalue weighted by Crippen LogP contribution is -2.21. The largest absolute Gasteiger partial charge is 0.323 e. The van der Waals surface area contributed by atoms with Crippen LogP contribution < -0.4 is 10.9 Å². The maximum atomic E-state index is 13.7. The maximum Gasteiger partial charge on any atom is 0.271 e. The van der Waals surface area contributed by atoms with E-state index in [1.165, 1.54) is 15.9 Å². The average molecular weight is 394 g/mol. The number of amides is 1. The van der Waals surface area contributed by atoms with E-state index in [4.69, 9.17) is 0 Å². The van der Waals surface area contributed by atoms with E-state index < -0.39 is 16.6 Å². The van der Waals surface area contributed by atoms with E-state index >= 15 is 0 Å². The summed E-state index contributed by atoms with van der Waals surface area (Å²) in [5.41, 5.74) is -0.828. The molecule has 2 aromatic heterocycles. The predicted molar refractivity (Wildman–Crippen MR) is 97.3 cm³/mol. The Labute approximate surface area is 153 Å². The van der Waals surface area contributed by atoms with Crippen LogP contribution in [0.4, 0.5) is 15.8 Å². The Hall–Kier alpha value is -2.79. The summed E-state index contributed by atoms with van der Waals surface area (Å²) in [5.74, 6) is -1.49. The summed E-state index contributed by atoms with van der Waals surface area (Å²) < 4.78 is 15.0. The second-order valence-electron chi connectivity index (χ2n) is 5.16. The van der Waals surface area contributed by atoms with Crippen molar-refractivity contribution in [2.45, 2.75) is 5.16 Å². The summed E-state index contributed by atoms with van der Waals surface area (Å²) in [5, 5.41) is 15.6. The van der Waals surface area contributed by atoms with Gasteiger partial charge in [-0.05, 0) is 17.5 Å². The number of nitro groups is 1. The SMILES string of the molecule is Cn1c(SCC(=O)Nc2cc([N+](=O)[O-])ccc2F)nc2sccc2c1=O. The van der Waals surface area contributed by atoms with Gasteiger partial charge in [0.15, 0.2) is 5.16 Å². The summed E-state index contributed by atoms with van der Waals surface area (Å²) in [6.07, 6.45) is 0. The van der Waals surface area contributed by atoms with Crippen LogP contribution >= 0.6 is 23.1 Å². The van der Waals surface area contributed by atoms with Gasteiger partial charge in [0.25, 0.3) is 11.2 Å². The molecule has 0 unspecified atom stereocenters. The molecule has 26 heavy (non-hydrogen) atoms. The molecule has 1 aromatic carbocycles. The highest BCUT2D eigenvalue weighted by molar-refractivity contribution is 7.99. The topological polar surface area (TPSA) is 107 Å². The van der Waals surface area contributed by atoms with Crippen LogP contribution in [-0.4, -0.2) is 26.1 Å². The molecule has 0 bridgehead atoms. The van der Waals surface area contributed by atoms with E-state index in [0.717, 1.165) is 30.0 Å². The standard InChI is InChI=1S/C15H11FN4O4S2/c1-19-14(22)9-4-5-25-13(9)18-15(19)26-7-12(21)17-11-6-8(20(23)24)2-3-10(11)16/h2-6H,7H2,1H3,(H,17,21). The summed E-state index contributed by atoms with van der Waals surface area (Å²) in [6.45, 7) is 0. The van der Waals surface area contributed by atoms with E-state index in [1.54, 1.807) is 18.5 Å². The van der Waals surface area contributed by atoms with Crippen molar-refractivity contribution in [2.75, 3.05) is 11.1 Å². The monoisotopic (exact) mass is 394 g/mol. The number of non-ortho nitro benzene ring substituents is 1. The fourth-order valence-electron chi connectivity index (χ4n) is 2.15. The van der Waals surface area contributed by atoms with Crippen molar-refractivity contribution in [3.8, 4) is 0 Å². The molecule has 134 valence electrons. The fourth-order valence-corrected chi connectivity index (χ4v) is 3.73. The van der Waals surface area contributed by atoms with Crippen molar-refractivity contribution >= 4 is 50.6 Å². The Balaban J connectivity index is 1.74. The van der Waals surface area contributed by atoms with Crippen LogP contribution in [0.25, 0.3) is 10.2 Å². The number of fused-ring (bicyclic) bond motifs is 1. The first kappa shape index (κ1) is 18.0.